The summed E-state index contributed by atoms with van der Waals surface area (Å²) in [4.78, 5) is 4.57. The van der Waals surface area contributed by atoms with Gasteiger partial charge in [-0.2, -0.15) is 0 Å². The van der Waals surface area contributed by atoms with Crippen molar-refractivity contribution in [2.75, 3.05) is 13.1 Å². The summed E-state index contributed by atoms with van der Waals surface area (Å²) in [6.07, 6.45) is 4.58. The predicted octanol–water partition coefficient (Wildman–Crippen LogP) is 1.08. The van der Waals surface area contributed by atoms with Gasteiger partial charge < -0.3 is 15.2 Å². The van der Waals surface area contributed by atoms with E-state index in [1.807, 2.05) is 0 Å². The highest BCUT2D eigenvalue weighted by atomic mass is 15.3. The largest absolute Gasteiger partial charge is 0.357 e. The Balaban J connectivity index is 2.00. The second-order valence-corrected chi connectivity index (χ2v) is 4.76. The molecule has 0 saturated heterocycles. The number of hydrogen-bond acceptors (Lipinski definition) is 3. The zero-order valence-corrected chi connectivity index (χ0v) is 11.9. The van der Waals surface area contributed by atoms with Crippen LogP contribution in [0.4, 0.5) is 0 Å². The Morgan fingerprint density at radius 3 is 2.95 bits per heavy atom. The highest BCUT2D eigenvalue weighted by Gasteiger charge is 2.15. The van der Waals surface area contributed by atoms with Gasteiger partial charge in [-0.05, 0) is 26.2 Å². The van der Waals surface area contributed by atoms with E-state index in [0.717, 1.165) is 50.1 Å². The van der Waals surface area contributed by atoms with Gasteiger partial charge in [0.25, 0.3) is 0 Å². The minimum atomic E-state index is 0.589. The molecular formula is C13H24N6. The van der Waals surface area contributed by atoms with E-state index in [0.29, 0.717) is 6.54 Å². The van der Waals surface area contributed by atoms with Crippen LogP contribution in [0.25, 0.3) is 0 Å². The molecule has 0 bridgehead atoms. The van der Waals surface area contributed by atoms with Gasteiger partial charge in [-0.1, -0.05) is 6.92 Å². The van der Waals surface area contributed by atoms with Crippen LogP contribution in [0.1, 0.15) is 44.8 Å². The fourth-order valence-electron chi connectivity index (χ4n) is 2.22. The Kier molecular flexibility index (Phi) is 5.18. The van der Waals surface area contributed by atoms with Gasteiger partial charge in [-0.3, -0.25) is 0 Å². The van der Waals surface area contributed by atoms with Gasteiger partial charge in [-0.15, -0.1) is 10.2 Å². The molecule has 1 aromatic heterocycles. The van der Waals surface area contributed by atoms with Crippen molar-refractivity contribution in [2.45, 2.75) is 52.6 Å². The number of fused-ring (bicyclic) bond motifs is 1. The Hall–Kier alpha value is -1.59. The first kappa shape index (κ1) is 13.8. The predicted molar refractivity (Wildman–Crippen MR) is 76.1 cm³/mol. The van der Waals surface area contributed by atoms with E-state index in [4.69, 9.17) is 0 Å². The molecule has 0 atom stereocenters. The summed E-state index contributed by atoms with van der Waals surface area (Å²) in [5, 5.41) is 15.0. The van der Waals surface area contributed by atoms with Crippen molar-refractivity contribution in [3.8, 4) is 0 Å². The van der Waals surface area contributed by atoms with Gasteiger partial charge in [0.1, 0.15) is 12.4 Å². The Bertz CT molecular complexity index is 423. The molecule has 0 fully saturated rings. The van der Waals surface area contributed by atoms with Crippen LogP contribution in [0.5, 0.6) is 0 Å². The van der Waals surface area contributed by atoms with Crippen molar-refractivity contribution in [3.63, 3.8) is 0 Å². The van der Waals surface area contributed by atoms with Crippen LogP contribution in [0, 0.1) is 0 Å². The molecule has 1 aliphatic heterocycles. The Morgan fingerprint density at radius 1 is 1.26 bits per heavy atom. The van der Waals surface area contributed by atoms with Crippen molar-refractivity contribution in [1.29, 1.82) is 0 Å². The quantitative estimate of drug-likeness (QED) is 0.617. The van der Waals surface area contributed by atoms with Crippen LogP contribution in [-0.2, 0) is 19.5 Å². The first-order valence-corrected chi connectivity index (χ1v) is 7.28. The Labute approximate surface area is 114 Å². The summed E-state index contributed by atoms with van der Waals surface area (Å²) >= 11 is 0. The van der Waals surface area contributed by atoms with Crippen LogP contribution < -0.4 is 10.6 Å². The lowest BCUT2D eigenvalue weighted by molar-refractivity contribution is 0.508. The van der Waals surface area contributed by atoms with Crippen molar-refractivity contribution >= 4 is 5.96 Å². The standard InChI is InChI=1S/C13H24N6/c1-3-8-15-13(14-4-2)16-10-12-18-17-11-7-5-6-9-19(11)12/h3-10H2,1-2H3,(H2,14,15,16). The van der Waals surface area contributed by atoms with E-state index in [2.05, 4.69) is 44.2 Å². The molecule has 0 aromatic carbocycles. The molecule has 2 rings (SSSR count). The maximum absolute atomic E-state index is 4.57. The SMILES string of the molecule is CCCNC(=NCc1nnc2n1CCCC2)NCC. The van der Waals surface area contributed by atoms with Gasteiger partial charge in [0.05, 0.1) is 0 Å². The third-order valence-corrected chi connectivity index (χ3v) is 3.20. The molecule has 0 amide bonds. The van der Waals surface area contributed by atoms with E-state index in [1.54, 1.807) is 0 Å². The van der Waals surface area contributed by atoms with E-state index in [9.17, 15) is 0 Å². The number of nitrogens with one attached hydrogen (secondary N) is 2. The van der Waals surface area contributed by atoms with Crippen molar-refractivity contribution in [2.24, 2.45) is 4.99 Å². The van der Waals surface area contributed by atoms with E-state index in [-0.39, 0.29) is 0 Å². The normalized spacial score (nSPS) is 15.2. The lowest BCUT2D eigenvalue weighted by Crippen LogP contribution is -2.37. The molecule has 1 aliphatic rings. The van der Waals surface area contributed by atoms with Crippen LogP contribution >= 0.6 is 0 Å². The van der Waals surface area contributed by atoms with Crippen LogP contribution in [-0.4, -0.2) is 33.8 Å². The van der Waals surface area contributed by atoms with Crippen LogP contribution in [0.2, 0.25) is 0 Å². The molecule has 0 aliphatic carbocycles. The minimum Gasteiger partial charge on any atom is -0.357 e. The third kappa shape index (κ3) is 3.68. The number of guanidine groups is 1. The van der Waals surface area contributed by atoms with Crippen LogP contribution in [0.3, 0.4) is 0 Å². The third-order valence-electron chi connectivity index (χ3n) is 3.20. The smallest absolute Gasteiger partial charge is 0.191 e. The fourth-order valence-corrected chi connectivity index (χ4v) is 2.22. The number of hydrogen-bond donors (Lipinski definition) is 2. The molecule has 1 aromatic rings. The maximum atomic E-state index is 4.57. The van der Waals surface area contributed by atoms with E-state index in [1.165, 1.54) is 12.8 Å². The first-order valence-electron chi connectivity index (χ1n) is 7.28. The molecule has 0 spiro atoms. The van der Waals surface area contributed by atoms with Crippen molar-refractivity contribution < 1.29 is 0 Å². The van der Waals surface area contributed by atoms with Gasteiger partial charge in [-0.25, -0.2) is 4.99 Å². The van der Waals surface area contributed by atoms with Gasteiger partial charge >= 0.3 is 0 Å². The lowest BCUT2D eigenvalue weighted by atomic mass is 10.2. The average Bonchev–Trinajstić information content (AvgIpc) is 2.85. The summed E-state index contributed by atoms with van der Waals surface area (Å²) in [7, 11) is 0. The zero-order valence-electron chi connectivity index (χ0n) is 11.9. The lowest BCUT2D eigenvalue weighted by Gasteiger charge is -2.14. The second kappa shape index (κ2) is 7.11. The first-order chi connectivity index (χ1) is 9.35. The molecular weight excluding hydrogens is 240 g/mol. The molecule has 106 valence electrons. The fraction of sp³-hybridized carbons (Fsp3) is 0.769. The molecule has 0 saturated carbocycles. The van der Waals surface area contributed by atoms with Crippen LogP contribution in [0.15, 0.2) is 4.99 Å². The van der Waals surface area contributed by atoms with Crippen molar-refractivity contribution in [3.05, 3.63) is 11.6 Å². The Morgan fingerprint density at radius 2 is 2.16 bits per heavy atom. The van der Waals surface area contributed by atoms with E-state index < -0.39 is 0 Å². The maximum Gasteiger partial charge on any atom is 0.191 e. The number of nitrogens with zero attached hydrogens (tertiary/aromatic N) is 4. The number of aromatic nitrogens is 3. The second-order valence-electron chi connectivity index (χ2n) is 4.76. The molecule has 0 radical (unpaired) electrons. The summed E-state index contributed by atoms with van der Waals surface area (Å²) in [6.45, 7) is 7.64. The minimum absolute atomic E-state index is 0.589. The molecule has 6 nitrogen and oxygen atoms in total. The number of aliphatic imine (C=N–C) groups is 1. The highest BCUT2D eigenvalue weighted by molar-refractivity contribution is 5.79. The zero-order chi connectivity index (χ0) is 13.5. The summed E-state index contributed by atoms with van der Waals surface area (Å²) in [6, 6.07) is 0. The molecule has 2 heterocycles. The summed E-state index contributed by atoms with van der Waals surface area (Å²) in [5.41, 5.74) is 0. The van der Waals surface area contributed by atoms with E-state index >= 15 is 0 Å². The molecule has 19 heavy (non-hydrogen) atoms. The topological polar surface area (TPSA) is 67.1 Å². The average molecular weight is 264 g/mol. The summed E-state index contributed by atoms with van der Waals surface area (Å²) in [5.74, 6) is 2.95. The van der Waals surface area contributed by atoms with Gasteiger partial charge in [0, 0.05) is 26.1 Å². The molecule has 2 N–H and O–H groups in total. The molecule has 0 unspecified atom stereocenters. The number of aryl methyl sites for hydroxylation is 1. The monoisotopic (exact) mass is 264 g/mol. The van der Waals surface area contributed by atoms with Crippen molar-refractivity contribution in [1.82, 2.24) is 25.4 Å². The molecule has 6 heteroatoms. The highest BCUT2D eigenvalue weighted by Crippen LogP contribution is 2.14. The van der Waals surface area contributed by atoms with Gasteiger partial charge in [0.2, 0.25) is 0 Å². The summed E-state index contributed by atoms with van der Waals surface area (Å²) < 4.78 is 2.22. The number of rotatable bonds is 5. The van der Waals surface area contributed by atoms with Gasteiger partial charge in [0.15, 0.2) is 11.8 Å².